The highest BCUT2D eigenvalue weighted by Gasteiger charge is 2.47. The number of rotatable bonds is 8. The number of aromatic nitrogens is 1. The number of ketones is 1. The van der Waals surface area contributed by atoms with E-state index in [9.17, 15) is 9.59 Å². The van der Waals surface area contributed by atoms with Crippen molar-refractivity contribution in [2.75, 3.05) is 7.05 Å². The molecule has 4 rings (SSSR count). The Morgan fingerprint density at radius 2 is 1.94 bits per heavy atom. The van der Waals surface area contributed by atoms with Gasteiger partial charge in [0, 0.05) is 31.4 Å². The predicted molar refractivity (Wildman–Crippen MR) is 125 cm³/mol. The molecule has 2 heterocycles. The van der Waals surface area contributed by atoms with Crippen LogP contribution in [-0.4, -0.2) is 40.1 Å². The SMILES string of the molecule is CN1C(=O)[C@@](CCc2ccccc2)(C[C@H]2CCC[C@@H](CC(=O)c3cccnc3)C2)N=C1N. The number of carbonyl (C=O) groups is 2. The van der Waals surface area contributed by atoms with Gasteiger partial charge in [-0.3, -0.25) is 19.5 Å². The van der Waals surface area contributed by atoms with Crippen LogP contribution in [0.3, 0.4) is 0 Å². The quantitative estimate of drug-likeness (QED) is 0.639. The first kappa shape index (κ1) is 22.2. The van der Waals surface area contributed by atoms with Crippen LogP contribution >= 0.6 is 0 Å². The van der Waals surface area contributed by atoms with Gasteiger partial charge in [-0.25, -0.2) is 4.99 Å². The van der Waals surface area contributed by atoms with Gasteiger partial charge in [0.05, 0.1) is 0 Å². The predicted octanol–water partition coefficient (Wildman–Crippen LogP) is 4.01. The number of hydrogen-bond donors (Lipinski definition) is 1. The summed E-state index contributed by atoms with van der Waals surface area (Å²) in [6.45, 7) is 0. The van der Waals surface area contributed by atoms with Crippen molar-refractivity contribution >= 4 is 17.6 Å². The lowest BCUT2D eigenvalue weighted by Gasteiger charge is -2.34. The van der Waals surface area contributed by atoms with Crippen LogP contribution in [0.4, 0.5) is 0 Å². The Hall–Kier alpha value is -3.02. The van der Waals surface area contributed by atoms with Crippen molar-refractivity contribution in [1.82, 2.24) is 9.88 Å². The Labute approximate surface area is 189 Å². The molecule has 32 heavy (non-hydrogen) atoms. The highest BCUT2D eigenvalue weighted by atomic mass is 16.2. The van der Waals surface area contributed by atoms with E-state index in [2.05, 4.69) is 17.1 Å². The Kier molecular flexibility index (Phi) is 6.68. The molecule has 1 aliphatic heterocycles. The summed E-state index contributed by atoms with van der Waals surface area (Å²) in [4.78, 5) is 36.2. The summed E-state index contributed by atoms with van der Waals surface area (Å²) in [5.74, 6) is 1.16. The van der Waals surface area contributed by atoms with Gasteiger partial charge in [-0.2, -0.15) is 0 Å². The van der Waals surface area contributed by atoms with E-state index in [1.54, 1.807) is 25.5 Å². The standard InChI is InChI=1S/C26H32N4O2/c1-30-24(32)26(29-25(30)27,13-12-19-7-3-2-4-8-19)17-21-10-5-9-20(15-21)16-23(31)22-11-6-14-28-18-22/h2-4,6-8,11,14,18,20-21H,5,9-10,12-13,15-17H2,1H3,(H2,27,29)/t20-,21+,26-/m1/s1. The van der Waals surface area contributed by atoms with Crippen molar-refractivity contribution in [2.45, 2.75) is 56.9 Å². The van der Waals surface area contributed by atoms with E-state index >= 15 is 0 Å². The van der Waals surface area contributed by atoms with Crippen molar-refractivity contribution in [3.8, 4) is 0 Å². The van der Waals surface area contributed by atoms with E-state index in [0.29, 0.717) is 42.6 Å². The van der Waals surface area contributed by atoms with E-state index in [0.717, 1.165) is 32.1 Å². The first-order valence-corrected chi connectivity index (χ1v) is 11.6. The lowest BCUT2D eigenvalue weighted by Crippen LogP contribution is -2.44. The topological polar surface area (TPSA) is 88.7 Å². The molecule has 0 bridgehead atoms. The van der Waals surface area contributed by atoms with Crippen molar-refractivity contribution in [2.24, 2.45) is 22.6 Å². The van der Waals surface area contributed by atoms with E-state index in [-0.39, 0.29) is 11.7 Å². The summed E-state index contributed by atoms with van der Waals surface area (Å²) in [6.07, 6.45) is 10.1. The molecule has 1 amide bonds. The molecule has 2 aromatic rings. The average molecular weight is 433 g/mol. The number of hydrogen-bond acceptors (Lipinski definition) is 5. The van der Waals surface area contributed by atoms with Crippen LogP contribution in [-0.2, 0) is 11.2 Å². The monoisotopic (exact) mass is 432 g/mol. The van der Waals surface area contributed by atoms with E-state index < -0.39 is 5.54 Å². The number of pyridine rings is 1. The lowest BCUT2D eigenvalue weighted by molar-refractivity contribution is -0.131. The number of benzene rings is 1. The highest BCUT2D eigenvalue weighted by molar-refractivity contribution is 6.06. The van der Waals surface area contributed by atoms with Gasteiger partial charge < -0.3 is 5.73 Å². The Bertz CT molecular complexity index is 976. The van der Waals surface area contributed by atoms with Gasteiger partial charge in [0.15, 0.2) is 11.7 Å². The third-order valence-electron chi connectivity index (χ3n) is 7.02. The fourth-order valence-corrected chi connectivity index (χ4v) is 5.31. The van der Waals surface area contributed by atoms with Crippen LogP contribution in [0.5, 0.6) is 0 Å². The number of carbonyl (C=O) groups excluding carboxylic acids is 2. The van der Waals surface area contributed by atoms with Gasteiger partial charge in [0.25, 0.3) is 5.91 Å². The summed E-state index contributed by atoms with van der Waals surface area (Å²) in [6, 6.07) is 13.9. The van der Waals surface area contributed by atoms with Gasteiger partial charge in [0.2, 0.25) is 0 Å². The molecule has 1 saturated carbocycles. The molecule has 1 aromatic carbocycles. The van der Waals surface area contributed by atoms with Crippen LogP contribution in [0.15, 0.2) is 59.9 Å². The number of likely N-dealkylation sites (N-methyl/N-ethyl adjacent to an activating group) is 1. The number of aryl methyl sites for hydroxylation is 1. The fraction of sp³-hybridized carbons (Fsp3) is 0.462. The molecular weight excluding hydrogens is 400 g/mol. The van der Waals surface area contributed by atoms with Crippen molar-refractivity contribution in [3.05, 3.63) is 66.0 Å². The molecule has 3 atom stereocenters. The first-order valence-electron chi connectivity index (χ1n) is 11.6. The lowest BCUT2D eigenvalue weighted by atomic mass is 9.72. The summed E-state index contributed by atoms with van der Waals surface area (Å²) < 4.78 is 0. The van der Waals surface area contributed by atoms with E-state index in [1.165, 1.54) is 10.5 Å². The second-order valence-corrected chi connectivity index (χ2v) is 9.32. The molecule has 1 fully saturated rings. The number of amides is 1. The van der Waals surface area contributed by atoms with Crippen LogP contribution in [0.1, 0.15) is 60.9 Å². The van der Waals surface area contributed by atoms with Gasteiger partial charge in [-0.15, -0.1) is 0 Å². The summed E-state index contributed by atoms with van der Waals surface area (Å²) in [7, 11) is 1.71. The number of nitrogens with two attached hydrogens (primary N) is 1. The molecule has 1 aromatic heterocycles. The maximum absolute atomic E-state index is 13.2. The zero-order valence-electron chi connectivity index (χ0n) is 18.7. The van der Waals surface area contributed by atoms with Crippen LogP contribution in [0.25, 0.3) is 0 Å². The van der Waals surface area contributed by atoms with Gasteiger partial charge >= 0.3 is 0 Å². The van der Waals surface area contributed by atoms with Crippen molar-refractivity contribution in [1.29, 1.82) is 0 Å². The maximum Gasteiger partial charge on any atom is 0.257 e. The van der Waals surface area contributed by atoms with Crippen molar-refractivity contribution in [3.63, 3.8) is 0 Å². The molecule has 6 nitrogen and oxygen atoms in total. The van der Waals surface area contributed by atoms with Crippen LogP contribution < -0.4 is 5.73 Å². The van der Waals surface area contributed by atoms with Gasteiger partial charge in [-0.1, -0.05) is 43.2 Å². The first-order chi connectivity index (χ1) is 15.5. The number of guanidine groups is 1. The average Bonchev–Trinajstić information content (AvgIpc) is 3.03. The zero-order valence-corrected chi connectivity index (χ0v) is 18.7. The molecule has 6 heteroatoms. The third-order valence-corrected chi connectivity index (χ3v) is 7.02. The van der Waals surface area contributed by atoms with Crippen LogP contribution in [0.2, 0.25) is 0 Å². The third kappa shape index (κ3) is 4.90. The number of Topliss-reactive ketones (excluding diaryl/α,β-unsaturated/α-hetero) is 1. The largest absolute Gasteiger partial charge is 0.369 e. The minimum Gasteiger partial charge on any atom is -0.369 e. The van der Waals surface area contributed by atoms with Gasteiger partial charge in [-0.05, 0) is 61.6 Å². The highest BCUT2D eigenvalue weighted by Crippen LogP contribution is 2.41. The summed E-state index contributed by atoms with van der Waals surface area (Å²) >= 11 is 0. The second kappa shape index (κ2) is 9.63. The maximum atomic E-state index is 13.2. The van der Waals surface area contributed by atoms with Crippen molar-refractivity contribution < 1.29 is 9.59 Å². The van der Waals surface area contributed by atoms with Crippen LogP contribution in [0, 0.1) is 11.8 Å². The molecule has 0 spiro atoms. The molecule has 0 radical (unpaired) electrons. The van der Waals surface area contributed by atoms with Gasteiger partial charge in [0.1, 0.15) is 5.54 Å². The summed E-state index contributed by atoms with van der Waals surface area (Å²) in [5.41, 5.74) is 7.16. The number of nitrogens with zero attached hydrogens (tertiary/aromatic N) is 3. The minimum atomic E-state index is -0.797. The zero-order chi connectivity index (χ0) is 22.6. The normalized spacial score (nSPS) is 25.6. The minimum absolute atomic E-state index is 0.000471. The Morgan fingerprint density at radius 3 is 2.62 bits per heavy atom. The molecule has 0 saturated heterocycles. The summed E-state index contributed by atoms with van der Waals surface area (Å²) in [5, 5.41) is 0. The molecule has 2 aliphatic rings. The molecule has 2 N–H and O–H groups in total. The number of aliphatic imine (C=N–C) groups is 1. The fourth-order valence-electron chi connectivity index (χ4n) is 5.31. The van der Waals surface area contributed by atoms with E-state index in [4.69, 9.17) is 10.7 Å². The molecule has 1 aliphatic carbocycles. The Morgan fingerprint density at radius 1 is 1.16 bits per heavy atom. The second-order valence-electron chi connectivity index (χ2n) is 9.32. The van der Waals surface area contributed by atoms with E-state index in [1.807, 2.05) is 24.3 Å². The smallest absolute Gasteiger partial charge is 0.257 e. The Balaban J connectivity index is 1.44. The molecule has 168 valence electrons. The molecule has 0 unspecified atom stereocenters. The molecular formula is C26H32N4O2.